The van der Waals surface area contributed by atoms with Gasteiger partial charge in [-0.1, -0.05) is 0 Å². The lowest BCUT2D eigenvalue weighted by Gasteiger charge is -2.08. The minimum atomic E-state index is -0.218. The van der Waals surface area contributed by atoms with Crippen LogP contribution in [0.1, 0.15) is 27.1 Å². The predicted molar refractivity (Wildman–Crippen MR) is 99.6 cm³/mol. The first kappa shape index (κ1) is 19.5. The normalized spacial score (nSPS) is 10.0. The van der Waals surface area contributed by atoms with Crippen LogP contribution in [0, 0.1) is 0 Å². The highest BCUT2D eigenvalue weighted by atomic mass is 32.1. The van der Waals surface area contributed by atoms with Gasteiger partial charge < -0.3 is 20.7 Å². The Morgan fingerprint density at radius 2 is 1.54 bits per heavy atom. The number of ether oxygens (including phenoxy) is 1. The van der Waals surface area contributed by atoms with Gasteiger partial charge in [0, 0.05) is 42.6 Å². The van der Waals surface area contributed by atoms with Crippen LogP contribution < -0.4 is 20.7 Å². The van der Waals surface area contributed by atoms with E-state index in [-0.39, 0.29) is 30.7 Å². The third-order valence-corrected chi connectivity index (χ3v) is 4.19. The van der Waals surface area contributed by atoms with Crippen molar-refractivity contribution in [3.63, 3.8) is 0 Å². The number of carbonyl (C=O) groups is 3. The van der Waals surface area contributed by atoms with Crippen LogP contribution in [0.2, 0.25) is 0 Å². The summed E-state index contributed by atoms with van der Waals surface area (Å²) in [7, 11) is 1.56. The van der Waals surface area contributed by atoms with Crippen molar-refractivity contribution in [2.75, 3.05) is 26.7 Å². The van der Waals surface area contributed by atoms with E-state index in [1.807, 2.05) is 5.38 Å². The fraction of sp³-hybridized carbons (Fsp3) is 0.278. The lowest BCUT2D eigenvalue weighted by atomic mass is 10.2. The van der Waals surface area contributed by atoms with Crippen molar-refractivity contribution in [3.8, 4) is 5.75 Å². The van der Waals surface area contributed by atoms with E-state index in [9.17, 15) is 14.4 Å². The molecule has 2 aromatic rings. The second kappa shape index (κ2) is 10.2. The molecule has 0 aliphatic carbocycles. The van der Waals surface area contributed by atoms with Crippen LogP contribution in [-0.2, 0) is 4.79 Å². The van der Waals surface area contributed by atoms with Gasteiger partial charge in [-0.3, -0.25) is 14.4 Å². The Balaban J connectivity index is 1.57. The second-order valence-electron chi connectivity index (χ2n) is 5.35. The highest BCUT2D eigenvalue weighted by Gasteiger charge is 2.07. The molecule has 0 bridgehead atoms. The average Bonchev–Trinajstić information content (AvgIpc) is 3.20. The van der Waals surface area contributed by atoms with Crippen LogP contribution in [0.3, 0.4) is 0 Å². The van der Waals surface area contributed by atoms with Crippen molar-refractivity contribution in [1.29, 1.82) is 0 Å². The SMILES string of the molecule is COc1ccc(C(=O)NCCNC(=O)CCNC(=O)c2ccsc2)cc1. The van der Waals surface area contributed by atoms with Gasteiger partial charge in [0.05, 0.1) is 7.11 Å². The van der Waals surface area contributed by atoms with Gasteiger partial charge in [-0.15, -0.1) is 0 Å². The lowest BCUT2D eigenvalue weighted by Crippen LogP contribution is -2.36. The molecular formula is C18H21N3O4S. The van der Waals surface area contributed by atoms with Crippen LogP contribution in [0.25, 0.3) is 0 Å². The minimum absolute atomic E-state index is 0.183. The molecule has 0 fully saturated rings. The lowest BCUT2D eigenvalue weighted by molar-refractivity contribution is -0.120. The molecule has 0 aliphatic heterocycles. The van der Waals surface area contributed by atoms with Crippen molar-refractivity contribution in [3.05, 3.63) is 52.2 Å². The van der Waals surface area contributed by atoms with Gasteiger partial charge in [0.2, 0.25) is 5.91 Å². The molecule has 138 valence electrons. The van der Waals surface area contributed by atoms with E-state index in [0.717, 1.165) is 0 Å². The van der Waals surface area contributed by atoms with E-state index in [1.54, 1.807) is 42.8 Å². The standard InChI is InChI=1S/C18H21N3O4S/c1-25-15-4-2-13(3-5-15)17(23)21-10-9-19-16(22)6-8-20-18(24)14-7-11-26-12-14/h2-5,7,11-12H,6,8-10H2,1H3,(H,19,22)(H,20,24)(H,21,23). The zero-order valence-corrected chi connectivity index (χ0v) is 15.2. The number of carbonyl (C=O) groups excluding carboxylic acids is 3. The summed E-state index contributed by atoms with van der Waals surface area (Å²) in [4.78, 5) is 35.4. The Bertz CT molecular complexity index is 729. The van der Waals surface area contributed by atoms with E-state index >= 15 is 0 Å². The smallest absolute Gasteiger partial charge is 0.252 e. The number of amides is 3. The predicted octanol–water partition coefficient (Wildman–Crippen LogP) is 1.42. The molecule has 1 aromatic heterocycles. The molecule has 0 saturated heterocycles. The number of nitrogens with one attached hydrogen (secondary N) is 3. The van der Waals surface area contributed by atoms with Gasteiger partial charge in [-0.05, 0) is 35.7 Å². The third kappa shape index (κ3) is 6.21. The summed E-state index contributed by atoms with van der Waals surface area (Å²) in [6.45, 7) is 0.899. The third-order valence-electron chi connectivity index (χ3n) is 3.51. The topological polar surface area (TPSA) is 96.5 Å². The van der Waals surface area contributed by atoms with Crippen LogP contribution in [0.4, 0.5) is 0 Å². The molecule has 2 rings (SSSR count). The average molecular weight is 375 g/mol. The maximum atomic E-state index is 11.9. The first-order valence-corrected chi connectivity index (χ1v) is 9.04. The monoisotopic (exact) mass is 375 g/mol. The molecule has 1 aromatic carbocycles. The number of benzene rings is 1. The van der Waals surface area contributed by atoms with Crippen LogP contribution >= 0.6 is 11.3 Å². The Labute approximate surface area is 155 Å². The molecular weight excluding hydrogens is 354 g/mol. The first-order chi connectivity index (χ1) is 12.6. The second-order valence-corrected chi connectivity index (χ2v) is 6.13. The highest BCUT2D eigenvalue weighted by Crippen LogP contribution is 2.10. The fourth-order valence-corrected chi connectivity index (χ4v) is 2.73. The maximum Gasteiger partial charge on any atom is 0.252 e. The van der Waals surface area contributed by atoms with Crippen LogP contribution in [0.5, 0.6) is 5.75 Å². The largest absolute Gasteiger partial charge is 0.497 e. The van der Waals surface area contributed by atoms with Gasteiger partial charge in [-0.2, -0.15) is 11.3 Å². The Kier molecular flexibility index (Phi) is 7.63. The Morgan fingerprint density at radius 3 is 2.19 bits per heavy atom. The highest BCUT2D eigenvalue weighted by molar-refractivity contribution is 7.08. The van der Waals surface area contributed by atoms with Crippen molar-refractivity contribution in [2.45, 2.75) is 6.42 Å². The van der Waals surface area contributed by atoms with Gasteiger partial charge in [0.1, 0.15) is 5.75 Å². The molecule has 3 amide bonds. The van der Waals surface area contributed by atoms with Crippen LogP contribution in [0.15, 0.2) is 41.1 Å². The molecule has 7 nitrogen and oxygen atoms in total. The summed E-state index contributed by atoms with van der Waals surface area (Å²) in [5, 5.41) is 11.7. The van der Waals surface area contributed by atoms with Crippen molar-refractivity contribution in [1.82, 2.24) is 16.0 Å². The van der Waals surface area contributed by atoms with Crippen molar-refractivity contribution >= 4 is 29.1 Å². The molecule has 26 heavy (non-hydrogen) atoms. The van der Waals surface area contributed by atoms with E-state index in [1.165, 1.54) is 11.3 Å². The summed E-state index contributed by atoms with van der Waals surface area (Å²) < 4.78 is 5.04. The zero-order valence-electron chi connectivity index (χ0n) is 14.4. The molecule has 0 unspecified atom stereocenters. The van der Waals surface area contributed by atoms with E-state index in [2.05, 4.69) is 16.0 Å². The molecule has 8 heteroatoms. The molecule has 3 N–H and O–H groups in total. The fourth-order valence-electron chi connectivity index (χ4n) is 2.10. The number of methoxy groups -OCH3 is 1. The number of hydrogen-bond donors (Lipinski definition) is 3. The quantitative estimate of drug-likeness (QED) is 0.578. The van der Waals surface area contributed by atoms with Crippen molar-refractivity contribution < 1.29 is 19.1 Å². The van der Waals surface area contributed by atoms with Gasteiger partial charge in [0.25, 0.3) is 11.8 Å². The van der Waals surface area contributed by atoms with Gasteiger partial charge in [0.15, 0.2) is 0 Å². The van der Waals surface area contributed by atoms with Crippen LogP contribution in [-0.4, -0.2) is 44.5 Å². The van der Waals surface area contributed by atoms with Crippen molar-refractivity contribution in [2.24, 2.45) is 0 Å². The molecule has 0 aliphatic rings. The molecule has 0 saturated carbocycles. The summed E-state index contributed by atoms with van der Waals surface area (Å²) in [5.74, 6) is 0.0879. The summed E-state index contributed by atoms with van der Waals surface area (Å²) >= 11 is 1.44. The van der Waals surface area contributed by atoms with Gasteiger partial charge in [-0.25, -0.2) is 0 Å². The molecule has 1 heterocycles. The summed E-state index contributed by atoms with van der Waals surface area (Å²) in [5.41, 5.74) is 1.12. The molecule has 0 spiro atoms. The number of rotatable bonds is 9. The minimum Gasteiger partial charge on any atom is -0.497 e. The zero-order chi connectivity index (χ0) is 18.8. The Hall–Kier alpha value is -2.87. The number of thiophene rings is 1. The maximum absolute atomic E-state index is 11.9. The van der Waals surface area contributed by atoms with E-state index in [4.69, 9.17) is 4.74 Å². The summed E-state index contributed by atoms with van der Waals surface area (Å²) in [6.07, 6.45) is 0.183. The number of hydrogen-bond acceptors (Lipinski definition) is 5. The Morgan fingerprint density at radius 1 is 0.885 bits per heavy atom. The first-order valence-electron chi connectivity index (χ1n) is 8.09. The van der Waals surface area contributed by atoms with E-state index < -0.39 is 0 Å². The summed E-state index contributed by atoms with van der Waals surface area (Å²) in [6, 6.07) is 8.49. The van der Waals surface area contributed by atoms with Gasteiger partial charge >= 0.3 is 0 Å². The molecule has 0 atom stereocenters. The van der Waals surface area contributed by atoms with E-state index in [0.29, 0.717) is 30.0 Å². The molecule has 0 radical (unpaired) electrons.